The molecule has 6 nitrogen and oxygen atoms in total. The smallest absolute Gasteiger partial charge is 0.251 e. The van der Waals surface area contributed by atoms with Crippen molar-refractivity contribution in [3.8, 4) is 0 Å². The fourth-order valence-electron chi connectivity index (χ4n) is 3.21. The molecule has 2 N–H and O–H groups in total. The molecule has 1 amide bonds. The van der Waals surface area contributed by atoms with E-state index in [1.165, 1.54) is 12.1 Å². The summed E-state index contributed by atoms with van der Waals surface area (Å²) < 4.78 is 27.1. The fourth-order valence-corrected chi connectivity index (χ4v) is 5.43. The van der Waals surface area contributed by atoms with E-state index in [2.05, 4.69) is 17.6 Å². The molecule has 2 aliphatic heterocycles. The second-order valence-corrected chi connectivity index (χ2v) is 9.33. The second kappa shape index (κ2) is 8.73. The first-order chi connectivity index (χ1) is 11.5. The zero-order valence-electron chi connectivity index (χ0n) is 14.1. The van der Waals surface area contributed by atoms with Gasteiger partial charge in [0.25, 0.3) is 5.91 Å². The van der Waals surface area contributed by atoms with Crippen LogP contribution in [0.25, 0.3) is 0 Å². The lowest BCUT2D eigenvalue weighted by Gasteiger charge is -2.26. The molecule has 25 heavy (non-hydrogen) atoms. The van der Waals surface area contributed by atoms with Crippen LogP contribution < -0.4 is 10.6 Å². The van der Waals surface area contributed by atoms with Crippen LogP contribution in [-0.2, 0) is 10.0 Å². The highest BCUT2D eigenvalue weighted by Crippen LogP contribution is 2.29. The average molecular weight is 406 g/mol. The number of hydrogen-bond acceptors (Lipinski definition) is 5. The van der Waals surface area contributed by atoms with Crippen molar-refractivity contribution in [1.82, 2.24) is 14.9 Å². The van der Waals surface area contributed by atoms with Gasteiger partial charge in [0.05, 0.1) is 4.90 Å². The summed E-state index contributed by atoms with van der Waals surface area (Å²) in [4.78, 5) is 12.3. The molecule has 9 heteroatoms. The molecule has 2 bridgehead atoms. The van der Waals surface area contributed by atoms with E-state index in [0.717, 1.165) is 24.5 Å². The van der Waals surface area contributed by atoms with Crippen molar-refractivity contribution >= 4 is 40.1 Å². The minimum atomic E-state index is -3.48. The monoisotopic (exact) mass is 405 g/mol. The summed E-state index contributed by atoms with van der Waals surface area (Å²) in [7, 11) is -3.48. The van der Waals surface area contributed by atoms with Crippen LogP contribution in [0.15, 0.2) is 29.2 Å². The summed E-state index contributed by atoms with van der Waals surface area (Å²) in [6, 6.07) is 6.56. The van der Waals surface area contributed by atoms with E-state index in [-0.39, 0.29) is 35.3 Å². The van der Waals surface area contributed by atoms with Gasteiger partial charge in [0, 0.05) is 43.0 Å². The number of nitrogens with zero attached hydrogens (tertiary/aromatic N) is 1. The molecule has 0 spiro atoms. The van der Waals surface area contributed by atoms with Gasteiger partial charge < -0.3 is 10.6 Å². The normalized spacial score (nSPS) is 22.6. The molecule has 3 rings (SSSR count). The minimum Gasteiger partial charge on any atom is -0.351 e. The number of carbonyl (C=O) groups excluding carboxylic acids is 1. The predicted octanol–water partition coefficient (Wildman–Crippen LogP) is 1.33. The Bertz CT molecular complexity index is 697. The van der Waals surface area contributed by atoms with Gasteiger partial charge in [-0.2, -0.15) is 16.1 Å². The maximum absolute atomic E-state index is 12.7. The van der Waals surface area contributed by atoms with Gasteiger partial charge in [-0.05, 0) is 36.4 Å². The van der Waals surface area contributed by atoms with Gasteiger partial charge in [-0.15, -0.1) is 12.4 Å². The van der Waals surface area contributed by atoms with E-state index in [1.54, 1.807) is 28.2 Å². The van der Waals surface area contributed by atoms with Crippen molar-refractivity contribution in [3.63, 3.8) is 0 Å². The van der Waals surface area contributed by atoms with Gasteiger partial charge in [0.1, 0.15) is 0 Å². The molecule has 0 aromatic heterocycles. The maximum atomic E-state index is 12.7. The topological polar surface area (TPSA) is 78.5 Å². The van der Waals surface area contributed by atoms with Crippen LogP contribution >= 0.6 is 24.2 Å². The molecule has 2 saturated heterocycles. The van der Waals surface area contributed by atoms with Crippen molar-refractivity contribution in [2.75, 3.05) is 31.1 Å². The summed E-state index contributed by atoms with van der Waals surface area (Å²) in [6.07, 6.45) is 0.884. The number of benzene rings is 1. The number of carbonyl (C=O) groups is 1. The molecule has 2 aliphatic rings. The Morgan fingerprint density at radius 1 is 1.36 bits per heavy atom. The number of halogens is 1. The van der Waals surface area contributed by atoms with Crippen LogP contribution in [0.3, 0.4) is 0 Å². The predicted molar refractivity (Wildman–Crippen MR) is 103 cm³/mol. The molecule has 0 radical (unpaired) electrons. The standard InChI is InChI=1S/C16H23N3O3S2.ClH/c1-2-23-8-7-17-16(20)12-3-5-15(6-4-12)24(21,22)19-11-13-9-14(19)10-18-13;/h3-6,13-14,18H,2,7-11H2,1H3,(H,17,20);1H/t13-,14-;/m0./s1. The van der Waals surface area contributed by atoms with Crippen LogP contribution in [0.1, 0.15) is 23.7 Å². The van der Waals surface area contributed by atoms with Crippen LogP contribution in [0.5, 0.6) is 0 Å². The van der Waals surface area contributed by atoms with E-state index in [1.807, 2.05) is 0 Å². The van der Waals surface area contributed by atoms with E-state index in [0.29, 0.717) is 18.7 Å². The van der Waals surface area contributed by atoms with Crippen molar-refractivity contribution in [2.45, 2.75) is 30.3 Å². The average Bonchev–Trinajstić information content (AvgIpc) is 3.22. The third-order valence-electron chi connectivity index (χ3n) is 4.47. The molecule has 1 aromatic rings. The number of thioether (sulfide) groups is 1. The molecule has 0 aliphatic carbocycles. The Kier molecular flexibility index (Phi) is 7.16. The lowest BCUT2D eigenvalue weighted by atomic mass is 10.2. The third-order valence-corrected chi connectivity index (χ3v) is 7.30. The first-order valence-corrected chi connectivity index (χ1v) is 10.8. The van der Waals surface area contributed by atoms with Gasteiger partial charge in [0.15, 0.2) is 0 Å². The van der Waals surface area contributed by atoms with Crippen molar-refractivity contribution in [1.29, 1.82) is 0 Å². The van der Waals surface area contributed by atoms with Crippen molar-refractivity contribution in [3.05, 3.63) is 29.8 Å². The number of amides is 1. The highest BCUT2D eigenvalue weighted by atomic mass is 35.5. The number of hydrogen-bond donors (Lipinski definition) is 2. The summed E-state index contributed by atoms with van der Waals surface area (Å²) in [6.45, 7) is 3.94. The van der Waals surface area contributed by atoms with Crippen LogP contribution in [0.2, 0.25) is 0 Å². The molecular formula is C16H24ClN3O3S2. The summed E-state index contributed by atoms with van der Waals surface area (Å²) in [5.41, 5.74) is 0.486. The van der Waals surface area contributed by atoms with Crippen molar-refractivity contribution < 1.29 is 13.2 Å². The SMILES string of the molecule is CCSCCNC(=O)c1ccc(S(=O)(=O)N2C[C@@H]3C[C@H]2CN3)cc1.Cl. The first-order valence-electron chi connectivity index (χ1n) is 8.23. The minimum absolute atomic E-state index is 0. The van der Waals surface area contributed by atoms with Gasteiger partial charge in [-0.3, -0.25) is 4.79 Å². The Balaban J connectivity index is 0.00000225. The maximum Gasteiger partial charge on any atom is 0.251 e. The Labute approximate surface area is 159 Å². The summed E-state index contributed by atoms with van der Waals surface area (Å²) in [5, 5.41) is 6.14. The van der Waals surface area contributed by atoms with Gasteiger partial charge >= 0.3 is 0 Å². The highest BCUT2D eigenvalue weighted by Gasteiger charge is 2.44. The zero-order valence-corrected chi connectivity index (χ0v) is 16.6. The molecule has 2 fully saturated rings. The Hall–Kier alpha value is -0.800. The third kappa shape index (κ3) is 4.49. The van der Waals surface area contributed by atoms with Gasteiger partial charge in [-0.1, -0.05) is 6.92 Å². The largest absolute Gasteiger partial charge is 0.351 e. The van der Waals surface area contributed by atoms with Crippen LogP contribution in [0, 0.1) is 0 Å². The number of sulfonamides is 1. The molecular weight excluding hydrogens is 382 g/mol. The molecule has 2 atom stereocenters. The Morgan fingerprint density at radius 3 is 2.64 bits per heavy atom. The lowest BCUT2D eigenvalue weighted by molar-refractivity contribution is 0.0956. The highest BCUT2D eigenvalue weighted by molar-refractivity contribution is 7.99. The second-order valence-electron chi connectivity index (χ2n) is 6.05. The molecule has 0 saturated carbocycles. The molecule has 0 unspecified atom stereocenters. The number of fused-ring (bicyclic) bond motifs is 2. The summed E-state index contributed by atoms with van der Waals surface area (Å²) in [5.74, 6) is 1.73. The van der Waals surface area contributed by atoms with Gasteiger partial charge in [-0.25, -0.2) is 8.42 Å². The number of rotatable bonds is 7. The van der Waals surface area contributed by atoms with Gasteiger partial charge in [0.2, 0.25) is 10.0 Å². The lowest BCUT2D eigenvalue weighted by Crippen LogP contribution is -2.46. The van der Waals surface area contributed by atoms with Crippen LogP contribution in [-0.4, -0.2) is 61.9 Å². The van der Waals surface area contributed by atoms with E-state index in [9.17, 15) is 13.2 Å². The number of piperazine rings is 1. The van der Waals surface area contributed by atoms with E-state index >= 15 is 0 Å². The molecule has 2 heterocycles. The quantitative estimate of drug-likeness (QED) is 0.669. The number of nitrogens with one attached hydrogen (secondary N) is 2. The Morgan fingerprint density at radius 2 is 2.08 bits per heavy atom. The molecule has 140 valence electrons. The van der Waals surface area contributed by atoms with E-state index < -0.39 is 10.0 Å². The zero-order chi connectivity index (χ0) is 17.2. The summed E-state index contributed by atoms with van der Waals surface area (Å²) >= 11 is 1.77. The molecule has 1 aromatic carbocycles. The van der Waals surface area contributed by atoms with Crippen LogP contribution in [0.4, 0.5) is 0 Å². The van der Waals surface area contributed by atoms with E-state index in [4.69, 9.17) is 0 Å². The van der Waals surface area contributed by atoms with Crippen molar-refractivity contribution in [2.24, 2.45) is 0 Å². The first kappa shape index (κ1) is 20.5. The fraction of sp³-hybridized carbons (Fsp3) is 0.562.